The van der Waals surface area contributed by atoms with Crippen LogP contribution < -0.4 is 5.32 Å². The molecule has 160 valence electrons. The molecule has 0 bridgehead atoms. The molecule has 0 aliphatic carbocycles. The molecule has 0 saturated carbocycles. The number of anilines is 1. The van der Waals surface area contributed by atoms with E-state index in [2.05, 4.69) is 20.1 Å². The molecule has 0 radical (unpaired) electrons. The van der Waals surface area contributed by atoms with Gasteiger partial charge in [0.05, 0.1) is 18.0 Å². The normalized spacial score (nSPS) is 11.8. The minimum absolute atomic E-state index is 0.256. The van der Waals surface area contributed by atoms with E-state index in [-0.39, 0.29) is 12.2 Å². The lowest BCUT2D eigenvalue weighted by atomic mass is 10.1. The van der Waals surface area contributed by atoms with Crippen LogP contribution in [0.1, 0.15) is 21.6 Å². The predicted octanol–water partition coefficient (Wildman–Crippen LogP) is 4.52. The lowest BCUT2D eigenvalue weighted by Gasteiger charge is -2.15. The second kappa shape index (κ2) is 8.92. The van der Waals surface area contributed by atoms with Gasteiger partial charge < -0.3 is 4.74 Å². The highest BCUT2D eigenvalue weighted by Crippen LogP contribution is 2.27. The topological polar surface area (TPSA) is 69.0 Å². The van der Waals surface area contributed by atoms with Crippen molar-refractivity contribution in [3.8, 4) is 11.3 Å². The van der Waals surface area contributed by atoms with Crippen molar-refractivity contribution >= 4 is 22.4 Å². The Labute approximate surface area is 173 Å². The van der Waals surface area contributed by atoms with Crippen LogP contribution >= 0.6 is 11.3 Å². The number of carbonyl (C=O) groups is 1. The summed E-state index contributed by atoms with van der Waals surface area (Å²) in [4.78, 5) is 16.9. The molecule has 11 heteroatoms. The molecule has 0 unspecified atom stereocenters. The zero-order valence-corrected chi connectivity index (χ0v) is 16.9. The molecule has 0 aliphatic heterocycles. The van der Waals surface area contributed by atoms with E-state index < -0.39 is 24.9 Å². The summed E-state index contributed by atoms with van der Waals surface area (Å²) in [5, 5.41) is 9.12. The lowest BCUT2D eigenvalue weighted by molar-refractivity contribution is -0.168. The van der Waals surface area contributed by atoms with Crippen LogP contribution in [0.5, 0.6) is 0 Å². The van der Waals surface area contributed by atoms with E-state index in [0.717, 1.165) is 11.3 Å². The maximum Gasteiger partial charge on any atom is 0.330 e. The average molecular weight is 442 g/mol. The molecule has 6 nitrogen and oxygen atoms in total. The van der Waals surface area contributed by atoms with Gasteiger partial charge in [0.2, 0.25) is 0 Å². The van der Waals surface area contributed by atoms with Gasteiger partial charge in [0, 0.05) is 29.8 Å². The number of nitrogens with zero attached hydrogens (tertiary/aromatic N) is 3. The van der Waals surface area contributed by atoms with Crippen LogP contribution in [0.2, 0.25) is 0 Å². The first-order valence-electron chi connectivity index (χ1n) is 8.76. The van der Waals surface area contributed by atoms with E-state index in [0.29, 0.717) is 16.4 Å². The minimum Gasteiger partial charge on any atom is -0.370 e. The van der Waals surface area contributed by atoms with Crippen molar-refractivity contribution in [1.29, 1.82) is 0 Å². The maximum atomic E-state index is 12.9. The van der Waals surface area contributed by atoms with Gasteiger partial charge in [0.25, 0.3) is 5.91 Å². The summed E-state index contributed by atoms with van der Waals surface area (Å²) >= 11 is 1.25. The molecule has 2 aromatic heterocycles. The Bertz CT molecular complexity index is 1040. The quantitative estimate of drug-likeness (QED) is 0.521. The van der Waals surface area contributed by atoms with E-state index in [1.165, 1.54) is 23.5 Å². The molecule has 3 aromatic rings. The molecule has 1 amide bonds. The number of carbonyl (C=O) groups excluding carboxylic acids is 1. The van der Waals surface area contributed by atoms with Crippen molar-refractivity contribution in [1.82, 2.24) is 14.8 Å². The number of ether oxygens (including phenoxy) is 1. The molecule has 1 N–H and O–H groups in total. The molecule has 0 aliphatic rings. The smallest absolute Gasteiger partial charge is 0.330 e. The van der Waals surface area contributed by atoms with Crippen molar-refractivity contribution in [2.75, 3.05) is 11.9 Å². The Kier molecular flexibility index (Phi) is 6.52. The predicted molar refractivity (Wildman–Crippen MR) is 104 cm³/mol. The molecule has 2 heterocycles. The van der Waals surface area contributed by atoms with Gasteiger partial charge in [0.15, 0.2) is 5.13 Å². The SMILES string of the molecule is Cc1nn(C)cc1-c1csc(NC(=O)c2cccc(COCC(F)(F)C(F)F)c2)n1. The average Bonchev–Trinajstić information content (AvgIpc) is 3.27. The van der Waals surface area contributed by atoms with Gasteiger partial charge in [-0.3, -0.25) is 14.8 Å². The Balaban J connectivity index is 1.62. The van der Waals surface area contributed by atoms with Gasteiger partial charge >= 0.3 is 12.3 Å². The number of amides is 1. The Morgan fingerprint density at radius 1 is 1.37 bits per heavy atom. The molecule has 3 rings (SSSR count). The fraction of sp³-hybridized carbons (Fsp3) is 0.316. The van der Waals surface area contributed by atoms with Crippen LogP contribution in [-0.2, 0) is 18.4 Å². The van der Waals surface area contributed by atoms with Crippen molar-refractivity contribution in [3.63, 3.8) is 0 Å². The number of benzene rings is 1. The van der Waals surface area contributed by atoms with Gasteiger partial charge in [-0.25, -0.2) is 13.8 Å². The second-order valence-corrected chi connectivity index (χ2v) is 7.41. The molecule has 30 heavy (non-hydrogen) atoms. The van der Waals surface area contributed by atoms with E-state index in [9.17, 15) is 22.4 Å². The summed E-state index contributed by atoms with van der Waals surface area (Å²) in [5.41, 5.74) is 3.01. The first kappa shape index (κ1) is 21.9. The highest BCUT2D eigenvalue weighted by Gasteiger charge is 2.40. The number of aromatic nitrogens is 3. The summed E-state index contributed by atoms with van der Waals surface area (Å²) in [7, 11) is 1.80. The maximum absolute atomic E-state index is 12.9. The van der Waals surface area contributed by atoms with Crippen molar-refractivity contribution in [3.05, 3.63) is 52.7 Å². The Morgan fingerprint density at radius 3 is 2.80 bits per heavy atom. The third-order valence-corrected chi connectivity index (χ3v) is 4.84. The monoisotopic (exact) mass is 442 g/mol. The van der Waals surface area contributed by atoms with Gasteiger partial charge in [-0.2, -0.15) is 13.9 Å². The number of thiazole rings is 1. The van der Waals surface area contributed by atoms with Crippen LogP contribution in [0.4, 0.5) is 22.7 Å². The van der Waals surface area contributed by atoms with E-state index in [1.54, 1.807) is 29.2 Å². The number of halogens is 4. The first-order chi connectivity index (χ1) is 14.2. The minimum atomic E-state index is -4.22. The fourth-order valence-electron chi connectivity index (χ4n) is 2.65. The summed E-state index contributed by atoms with van der Waals surface area (Å²) in [6, 6.07) is 6.07. The van der Waals surface area contributed by atoms with Gasteiger partial charge in [0.1, 0.15) is 6.61 Å². The fourth-order valence-corrected chi connectivity index (χ4v) is 3.35. The highest BCUT2D eigenvalue weighted by molar-refractivity contribution is 7.14. The largest absolute Gasteiger partial charge is 0.370 e. The third kappa shape index (κ3) is 5.22. The standard InChI is InChI=1S/C19H18F4N4O2S/c1-11-14(7-27(2)26-11)15-9-30-18(24-15)25-16(28)13-5-3-4-12(6-13)8-29-10-19(22,23)17(20)21/h3-7,9,17H,8,10H2,1-2H3,(H,24,25,28). The number of hydrogen-bond acceptors (Lipinski definition) is 5. The van der Waals surface area contributed by atoms with Crippen LogP contribution in [0, 0.1) is 6.92 Å². The zero-order valence-electron chi connectivity index (χ0n) is 16.0. The second-order valence-electron chi connectivity index (χ2n) is 6.55. The molecular weight excluding hydrogens is 424 g/mol. The zero-order chi connectivity index (χ0) is 21.9. The number of hydrogen-bond donors (Lipinski definition) is 1. The first-order valence-corrected chi connectivity index (χ1v) is 9.64. The lowest BCUT2D eigenvalue weighted by Crippen LogP contribution is -2.32. The van der Waals surface area contributed by atoms with Crippen LogP contribution in [0.25, 0.3) is 11.3 Å². The van der Waals surface area contributed by atoms with Crippen molar-refractivity contribution in [2.24, 2.45) is 7.05 Å². The highest BCUT2D eigenvalue weighted by atomic mass is 32.1. The third-order valence-electron chi connectivity index (χ3n) is 4.09. The molecular formula is C19H18F4N4O2S. The molecule has 0 fully saturated rings. The summed E-state index contributed by atoms with van der Waals surface area (Å²) in [6.45, 7) is 0.125. The van der Waals surface area contributed by atoms with E-state index in [1.807, 2.05) is 13.1 Å². The van der Waals surface area contributed by atoms with Gasteiger partial charge in [-0.05, 0) is 24.6 Å². The Hall–Kier alpha value is -2.79. The van der Waals surface area contributed by atoms with Crippen LogP contribution in [0.3, 0.4) is 0 Å². The number of nitrogens with one attached hydrogen (secondary N) is 1. The van der Waals surface area contributed by atoms with Gasteiger partial charge in [-0.15, -0.1) is 11.3 Å². The van der Waals surface area contributed by atoms with Crippen LogP contribution in [-0.4, -0.2) is 39.6 Å². The Morgan fingerprint density at radius 2 is 2.13 bits per heavy atom. The van der Waals surface area contributed by atoms with Crippen molar-refractivity contribution < 1.29 is 27.1 Å². The van der Waals surface area contributed by atoms with Crippen LogP contribution in [0.15, 0.2) is 35.8 Å². The number of alkyl halides is 4. The van der Waals surface area contributed by atoms with E-state index >= 15 is 0 Å². The molecule has 0 spiro atoms. The molecule has 0 saturated heterocycles. The summed E-state index contributed by atoms with van der Waals surface area (Å²) < 4.78 is 56.5. The summed E-state index contributed by atoms with van der Waals surface area (Å²) in [5.74, 6) is -4.66. The van der Waals surface area contributed by atoms with Crippen molar-refractivity contribution in [2.45, 2.75) is 25.9 Å². The summed E-state index contributed by atoms with van der Waals surface area (Å²) in [6.07, 6.45) is -1.97. The van der Waals surface area contributed by atoms with Gasteiger partial charge in [-0.1, -0.05) is 12.1 Å². The molecule has 0 atom stereocenters. The number of rotatable bonds is 8. The van der Waals surface area contributed by atoms with E-state index in [4.69, 9.17) is 0 Å². The number of aryl methyl sites for hydroxylation is 2. The molecule has 1 aromatic carbocycles.